The minimum absolute atomic E-state index is 0.196. The highest BCUT2D eigenvalue weighted by molar-refractivity contribution is 6.34. The fraction of sp³-hybridized carbons (Fsp3) is 0.435. The van der Waals surface area contributed by atoms with Crippen LogP contribution in [0.4, 0.5) is 0 Å². The summed E-state index contributed by atoms with van der Waals surface area (Å²) >= 11 is 0. The quantitative estimate of drug-likeness (QED) is 0.622. The van der Waals surface area contributed by atoms with Crippen molar-refractivity contribution >= 4 is 35.8 Å². The zero-order valence-corrected chi connectivity index (χ0v) is 17.2. The van der Waals surface area contributed by atoms with Gasteiger partial charge in [0, 0.05) is 43.0 Å². The largest absolute Gasteiger partial charge is 0.368 e. The molecule has 3 aliphatic rings. The Morgan fingerprint density at radius 1 is 1.48 bits per heavy atom. The van der Waals surface area contributed by atoms with Gasteiger partial charge in [0.2, 0.25) is 5.91 Å². The molecule has 3 unspecified atom stereocenters. The third-order valence-electron chi connectivity index (χ3n) is 7.12. The number of benzene rings is 1. The number of fused-ring (bicyclic) bond motifs is 2. The van der Waals surface area contributed by atoms with E-state index in [1.807, 2.05) is 11.0 Å². The molecular weight excluding hydrogens is 359 g/mol. The first-order valence-corrected chi connectivity index (χ1v) is 10.4. The summed E-state index contributed by atoms with van der Waals surface area (Å²) in [5.74, 6) is 0.00802. The van der Waals surface area contributed by atoms with Crippen molar-refractivity contribution in [2.75, 3.05) is 19.6 Å². The molecule has 0 saturated carbocycles. The highest BCUT2D eigenvalue weighted by Gasteiger charge is 2.47. The first-order valence-electron chi connectivity index (χ1n) is 10.4. The molecule has 1 aromatic carbocycles. The normalized spacial score (nSPS) is 28.7. The lowest BCUT2D eigenvalue weighted by atomic mass is 9.73. The van der Waals surface area contributed by atoms with E-state index in [0.717, 1.165) is 46.1 Å². The van der Waals surface area contributed by atoms with Crippen LogP contribution in [0.1, 0.15) is 30.0 Å². The molecule has 1 aromatic heterocycles. The second-order valence-corrected chi connectivity index (χ2v) is 8.85. The standard InChI is InChI=1S/C23H27BN4O/c1-4-8-27-12-15(22(29)28-9-7-14(28)3)10-18-16-6-5-13(2)20-19(16)17(21(24)26-20)11-23(18,27)25/h4-6,10,14-15,26H,1,7-9,11-12,25H2,2-3H3. The summed E-state index contributed by atoms with van der Waals surface area (Å²) in [7, 11) is 6.36. The Bertz CT molecular complexity index is 1070. The maximum atomic E-state index is 13.2. The van der Waals surface area contributed by atoms with Gasteiger partial charge in [0.25, 0.3) is 0 Å². The Balaban J connectivity index is 1.69. The number of carbonyl (C=O) groups is 1. The second kappa shape index (κ2) is 6.35. The van der Waals surface area contributed by atoms with E-state index in [9.17, 15) is 4.79 Å². The molecule has 5 nitrogen and oxygen atoms in total. The Kier molecular flexibility index (Phi) is 4.09. The summed E-state index contributed by atoms with van der Waals surface area (Å²) in [5, 5.41) is 1.15. The summed E-state index contributed by atoms with van der Waals surface area (Å²) in [6.07, 6.45) is 5.70. The van der Waals surface area contributed by atoms with Gasteiger partial charge in [-0.05, 0) is 48.1 Å². The van der Waals surface area contributed by atoms with Crippen molar-refractivity contribution in [2.45, 2.75) is 38.4 Å². The number of amides is 1. The van der Waals surface area contributed by atoms with Crippen LogP contribution in [0.25, 0.3) is 16.5 Å². The highest BCUT2D eigenvalue weighted by Crippen LogP contribution is 2.45. The van der Waals surface area contributed by atoms with Crippen molar-refractivity contribution in [1.29, 1.82) is 0 Å². The van der Waals surface area contributed by atoms with Crippen LogP contribution in [-0.4, -0.2) is 59.9 Å². The summed E-state index contributed by atoms with van der Waals surface area (Å²) in [6.45, 7) is 10.2. The van der Waals surface area contributed by atoms with Crippen LogP contribution in [-0.2, 0) is 11.2 Å². The number of H-pyrrole nitrogens is 1. The summed E-state index contributed by atoms with van der Waals surface area (Å²) < 4.78 is 0. The zero-order chi connectivity index (χ0) is 20.5. The molecule has 5 rings (SSSR count). The molecule has 1 amide bonds. The van der Waals surface area contributed by atoms with E-state index in [0.29, 0.717) is 31.1 Å². The molecule has 0 bridgehead atoms. The first-order chi connectivity index (χ1) is 13.8. The molecular formula is C23H27BN4O. The minimum Gasteiger partial charge on any atom is -0.368 e. The van der Waals surface area contributed by atoms with E-state index in [1.54, 1.807) is 0 Å². The molecule has 1 saturated heterocycles. The van der Waals surface area contributed by atoms with Gasteiger partial charge in [-0.15, -0.1) is 6.58 Å². The number of rotatable bonds is 3. The topological polar surface area (TPSA) is 65.4 Å². The molecule has 1 fully saturated rings. The Hall–Kier alpha value is -2.31. The Morgan fingerprint density at radius 3 is 2.93 bits per heavy atom. The van der Waals surface area contributed by atoms with E-state index in [-0.39, 0.29) is 11.8 Å². The third kappa shape index (κ3) is 2.52. The molecule has 3 N–H and O–H groups in total. The lowest BCUT2D eigenvalue weighted by Crippen LogP contribution is -2.64. The molecule has 2 radical (unpaired) electrons. The molecule has 2 aliphatic heterocycles. The Labute approximate surface area is 173 Å². The molecule has 29 heavy (non-hydrogen) atoms. The molecule has 3 atom stereocenters. The fourth-order valence-electron chi connectivity index (χ4n) is 5.30. The van der Waals surface area contributed by atoms with Gasteiger partial charge >= 0.3 is 0 Å². The van der Waals surface area contributed by atoms with Crippen LogP contribution in [0.2, 0.25) is 0 Å². The summed E-state index contributed by atoms with van der Waals surface area (Å²) in [4.78, 5) is 20.8. The molecule has 2 aromatic rings. The van der Waals surface area contributed by atoms with Crippen LogP contribution in [0, 0.1) is 12.8 Å². The number of nitrogens with one attached hydrogen (secondary N) is 1. The zero-order valence-electron chi connectivity index (χ0n) is 17.2. The highest BCUT2D eigenvalue weighted by atomic mass is 16.2. The van der Waals surface area contributed by atoms with E-state index >= 15 is 0 Å². The van der Waals surface area contributed by atoms with Gasteiger partial charge < -0.3 is 15.6 Å². The van der Waals surface area contributed by atoms with Crippen molar-refractivity contribution in [3.8, 4) is 0 Å². The number of nitrogens with zero attached hydrogens (tertiary/aromatic N) is 2. The predicted molar refractivity (Wildman–Crippen MR) is 118 cm³/mol. The van der Waals surface area contributed by atoms with E-state index in [2.05, 4.69) is 48.5 Å². The SMILES string of the molecule is [B]c1[nH]c2c(C)ccc3c2c1CC1(N)C3=CC(C(=O)N2CCC2C)CN1CC=C. The average molecular weight is 386 g/mol. The van der Waals surface area contributed by atoms with Gasteiger partial charge in [-0.25, -0.2) is 0 Å². The first kappa shape index (κ1) is 18.7. The summed E-state index contributed by atoms with van der Waals surface area (Å²) in [5.41, 5.74) is 12.5. The lowest BCUT2D eigenvalue weighted by molar-refractivity contribution is -0.142. The van der Waals surface area contributed by atoms with Gasteiger partial charge in [0.05, 0.1) is 11.6 Å². The average Bonchev–Trinajstić information content (AvgIpc) is 3.00. The number of aromatic amines is 1. The Morgan fingerprint density at radius 2 is 2.28 bits per heavy atom. The van der Waals surface area contributed by atoms with Gasteiger partial charge in [-0.3, -0.25) is 9.69 Å². The predicted octanol–water partition coefficient (Wildman–Crippen LogP) is 1.60. The molecule has 1 aliphatic carbocycles. The van der Waals surface area contributed by atoms with Crippen LogP contribution >= 0.6 is 0 Å². The number of nitrogens with two attached hydrogens (primary N) is 1. The van der Waals surface area contributed by atoms with E-state index in [1.165, 1.54) is 0 Å². The van der Waals surface area contributed by atoms with Gasteiger partial charge in [-0.1, -0.05) is 24.3 Å². The van der Waals surface area contributed by atoms with E-state index < -0.39 is 5.66 Å². The monoisotopic (exact) mass is 386 g/mol. The van der Waals surface area contributed by atoms with Crippen LogP contribution in [0.15, 0.2) is 30.9 Å². The fourth-order valence-corrected chi connectivity index (χ4v) is 5.30. The maximum Gasteiger partial charge on any atom is 0.231 e. The van der Waals surface area contributed by atoms with Crippen LogP contribution < -0.4 is 11.3 Å². The second-order valence-electron chi connectivity index (χ2n) is 8.85. The minimum atomic E-state index is -0.697. The number of hydrogen-bond acceptors (Lipinski definition) is 3. The van der Waals surface area contributed by atoms with Crippen molar-refractivity contribution in [3.63, 3.8) is 0 Å². The number of aryl methyl sites for hydroxylation is 1. The third-order valence-corrected chi connectivity index (χ3v) is 7.12. The molecule has 6 heteroatoms. The van der Waals surface area contributed by atoms with Crippen LogP contribution in [0.5, 0.6) is 0 Å². The van der Waals surface area contributed by atoms with Crippen LogP contribution in [0.3, 0.4) is 0 Å². The molecule has 0 spiro atoms. The number of likely N-dealkylation sites (tertiary alicyclic amines) is 1. The number of aromatic nitrogens is 1. The van der Waals surface area contributed by atoms with Crippen molar-refractivity contribution in [2.24, 2.45) is 11.7 Å². The number of hydrogen-bond donors (Lipinski definition) is 2. The summed E-state index contributed by atoms with van der Waals surface area (Å²) in [6, 6.07) is 4.56. The van der Waals surface area contributed by atoms with Gasteiger partial charge in [0.15, 0.2) is 0 Å². The lowest BCUT2D eigenvalue weighted by Gasteiger charge is -2.50. The smallest absolute Gasteiger partial charge is 0.231 e. The molecule has 3 heterocycles. The van der Waals surface area contributed by atoms with Crippen molar-refractivity contribution in [3.05, 3.63) is 47.6 Å². The maximum absolute atomic E-state index is 13.2. The van der Waals surface area contributed by atoms with Crippen molar-refractivity contribution in [1.82, 2.24) is 14.8 Å². The van der Waals surface area contributed by atoms with Crippen molar-refractivity contribution < 1.29 is 4.79 Å². The number of carbonyl (C=O) groups excluding carboxylic acids is 1. The van der Waals surface area contributed by atoms with Gasteiger partial charge in [0.1, 0.15) is 7.85 Å². The molecule has 148 valence electrons. The van der Waals surface area contributed by atoms with E-state index in [4.69, 9.17) is 13.6 Å². The van der Waals surface area contributed by atoms with Gasteiger partial charge in [-0.2, -0.15) is 0 Å².